The summed E-state index contributed by atoms with van der Waals surface area (Å²) < 4.78 is 166. The van der Waals surface area contributed by atoms with E-state index < -0.39 is 152 Å². The predicted molar refractivity (Wildman–Crippen MR) is 196 cm³/mol. The van der Waals surface area contributed by atoms with E-state index in [1.807, 2.05) is 0 Å². The number of nitrogens with zero attached hydrogens (tertiary/aromatic N) is 5. The highest BCUT2D eigenvalue weighted by atomic mass is 32.2. The minimum atomic E-state index is -2.21. The third kappa shape index (κ3) is 7.26. The van der Waals surface area contributed by atoms with E-state index in [1.165, 1.54) is 11.8 Å². The Labute approximate surface area is 341 Å². The quantitative estimate of drug-likeness (QED) is 0.0771. The van der Waals surface area contributed by atoms with Gasteiger partial charge in [-0.05, 0) is 6.26 Å². The number of amides is 2. The first kappa shape index (κ1) is 45.8. The molecule has 318 valence electrons. The van der Waals surface area contributed by atoms with E-state index in [9.17, 15) is 81.5 Å². The molecule has 0 atom stereocenters. The highest BCUT2D eigenvalue weighted by Gasteiger charge is 2.37. The number of benzene rings is 3. The summed E-state index contributed by atoms with van der Waals surface area (Å²) in [5.74, 6) is -23.6. The van der Waals surface area contributed by atoms with Crippen LogP contribution in [0, 0.1) is 58.2 Å². The molecule has 0 fully saturated rings. The summed E-state index contributed by atoms with van der Waals surface area (Å²) in [6.07, 6.45) is 2.91. The summed E-state index contributed by atoms with van der Waals surface area (Å²) in [7, 11) is 1.90. The molecule has 1 aliphatic rings. The number of fused-ring (bicyclic) bond motifs is 2. The lowest BCUT2D eigenvalue weighted by Gasteiger charge is -2.09. The van der Waals surface area contributed by atoms with E-state index in [-0.39, 0.29) is 4.34 Å². The van der Waals surface area contributed by atoms with Crippen LogP contribution in [0.4, 0.5) is 52.7 Å². The lowest BCUT2D eigenvalue weighted by molar-refractivity contribution is -0.137. The number of likely N-dealkylation sites (N-methyl/N-ethyl adjacent to an activating group) is 1. The van der Waals surface area contributed by atoms with E-state index in [1.54, 1.807) is 6.26 Å². The van der Waals surface area contributed by atoms with E-state index in [2.05, 4.69) is 23.4 Å². The van der Waals surface area contributed by atoms with Gasteiger partial charge in [0, 0.05) is 14.1 Å². The summed E-state index contributed by atoms with van der Waals surface area (Å²) in [6.45, 7) is 6.09. The number of aromatic nitrogens is 4. The normalized spacial score (nSPS) is 12.7. The number of hydrogen-bond acceptors (Lipinski definition) is 11. The molecule has 0 spiro atoms. The SMILES string of the molecule is C=Cc1c(F)c(F)c(-n2c(=O)c3c(F)c4c(=O)n(C)c(=O)c4c(F)c3c2=O)c(F)c1F.C=Cc1c(F)c(F)c(Sc2nnc(SC)s2)c(F)c1F.CN1C(=O)C(F)=C(F)C1=O. The number of thioether (sulfide) groups is 1. The zero-order valence-electron chi connectivity index (χ0n) is 30.0. The Morgan fingerprint density at radius 3 is 1.21 bits per heavy atom. The summed E-state index contributed by atoms with van der Waals surface area (Å²) >= 11 is 2.87. The summed E-state index contributed by atoms with van der Waals surface area (Å²) in [4.78, 5) is 69.7. The van der Waals surface area contributed by atoms with Crippen LogP contribution < -0.4 is 22.2 Å². The molecule has 0 N–H and O–H groups in total. The van der Waals surface area contributed by atoms with Crippen molar-refractivity contribution in [3.63, 3.8) is 0 Å². The molecule has 11 nitrogen and oxygen atoms in total. The van der Waals surface area contributed by atoms with Gasteiger partial charge in [0.15, 0.2) is 66.9 Å². The minimum absolute atomic E-state index is 0.192. The maximum Gasteiger partial charge on any atom is 0.292 e. The zero-order chi connectivity index (χ0) is 45.8. The number of imide groups is 1. The van der Waals surface area contributed by atoms with Gasteiger partial charge in [-0.3, -0.25) is 38.2 Å². The van der Waals surface area contributed by atoms with Crippen molar-refractivity contribution >= 4 is 80.4 Å². The van der Waals surface area contributed by atoms with Crippen LogP contribution in [-0.2, 0) is 16.6 Å². The van der Waals surface area contributed by atoms with Gasteiger partial charge in [-0.2, -0.15) is 8.78 Å². The maximum atomic E-state index is 14.9. The Balaban J connectivity index is 0.000000200. The molecule has 3 aromatic carbocycles. The Bertz CT molecular complexity index is 3030. The van der Waals surface area contributed by atoms with Gasteiger partial charge >= 0.3 is 0 Å². The molecule has 0 saturated carbocycles. The topological polar surface area (TPSA) is 141 Å². The van der Waals surface area contributed by atoms with Crippen LogP contribution in [0.15, 0.2) is 57.6 Å². The van der Waals surface area contributed by atoms with Crippen LogP contribution in [0.2, 0.25) is 0 Å². The van der Waals surface area contributed by atoms with Gasteiger partial charge in [0.1, 0.15) is 5.69 Å². The van der Waals surface area contributed by atoms with Crippen molar-refractivity contribution in [2.45, 2.75) is 13.6 Å². The van der Waals surface area contributed by atoms with Gasteiger partial charge in [0.25, 0.3) is 34.1 Å². The second-order valence-electron chi connectivity index (χ2n) is 11.6. The van der Waals surface area contributed by atoms with Crippen LogP contribution >= 0.6 is 34.9 Å². The van der Waals surface area contributed by atoms with Gasteiger partial charge in [-0.1, -0.05) is 60.2 Å². The fraction of sp³-hybridized carbons (Fsp3) is 0.0857. The van der Waals surface area contributed by atoms with Gasteiger partial charge in [-0.15, -0.1) is 10.2 Å². The van der Waals surface area contributed by atoms with Gasteiger partial charge in [0.2, 0.25) is 11.7 Å². The largest absolute Gasteiger partial charge is 0.292 e. The molecule has 61 heavy (non-hydrogen) atoms. The summed E-state index contributed by atoms with van der Waals surface area (Å²) in [6, 6.07) is 0. The van der Waals surface area contributed by atoms with Crippen LogP contribution in [0.5, 0.6) is 0 Å². The number of rotatable bonds is 6. The fourth-order valence-electron chi connectivity index (χ4n) is 5.33. The molecular weight excluding hydrogens is 911 g/mol. The summed E-state index contributed by atoms with van der Waals surface area (Å²) in [5, 5.41) is 2.27. The molecule has 7 rings (SSSR count). The Kier molecular flexibility index (Phi) is 12.8. The van der Waals surface area contributed by atoms with Crippen LogP contribution in [-0.4, -0.2) is 49.3 Å². The molecule has 6 aromatic rings. The number of halogens is 12. The fourth-order valence-corrected chi connectivity index (χ4v) is 7.76. The third-order valence-corrected chi connectivity index (χ3v) is 11.4. The standard InChI is InChI=1S/C19H6F6N2O4.C11H6F4N2S3.C5H3F2NO2/c1-3-4-9(20)13(24)15(14(25)10(4)21)27-18(30)7-8(19(27)31)12(23)6-5(11(7)22)16(28)26(2)17(6)29;1-3-4-5(12)7(14)9(8(15)6(4)13)19-11-17-16-10(18-2)20-11;1-8-4(9)2(6)3(7)5(8)10/h3H,1H2,2H3;3H,1H2,2H3;1H3. The number of carbonyl (C=O) groups is 2. The molecule has 4 heterocycles. The van der Waals surface area contributed by atoms with E-state index in [4.69, 9.17) is 0 Å². The van der Waals surface area contributed by atoms with Crippen LogP contribution in [0.1, 0.15) is 11.1 Å². The Morgan fingerprint density at radius 2 is 0.885 bits per heavy atom. The first-order valence-electron chi connectivity index (χ1n) is 15.7. The smallest absolute Gasteiger partial charge is 0.277 e. The van der Waals surface area contributed by atoms with Crippen molar-refractivity contribution in [1.29, 1.82) is 0 Å². The average molecular weight is 926 g/mol. The highest BCUT2D eigenvalue weighted by Crippen LogP contribution is 2.38. The lowest BCUT2D eigenvalue weighted by atomic mass is 10.1. The molecule has 3 aromatic heterocycles. The molecular formula is C35H15F12N5O6S3. The molecule has 26 heteroatoms. The molecule has 0 bridgehead atoms. The van der Waals surface area contributed by atoms with Crippen molar-refractivity contribution in [3.05, 3.63) is 136 Å². The van der Waals surface area contributed by atoms with Crippen LogP contribution in [0.3, 0.4) is 0 Å². The number of hydrogen-bond donors (Lipinski definition) is 0. The molecule has 0 aliphatic carbocycles. The van der Waals surface area contributed by atoms with Crippen molar-refractivity contribution in [2.75, 3.05) is 13.3 Å². The molecule has 2 amide bonds. The second kappa shape index (κ2) is 17.0. The third-order valence-electron chi connectivity index (χ3n) is 8.34. The highest BCUT2D eigenvalue weighted by molar-refractivity contribution is 8.03. The lowest BCUT2D eigenvalue weighted by Crippen LogP contribution is -2.27. The Hall–Kier alpha value is -6.28. The van der Waals surface area contributed by atoms with Gasteiger partial charge in [0.05, 0.1) is 37.6 Å². The number of carbonyl (C=O) groups excluding carboxylic acids is 2. The van der Waals surface area contributed by atoms with Crippen molar-refractivity contribution in [2.24, 2.45) is 7.05 Å². The van der Waals surface area contributed by atoms with E-state index >= 15 is 0 Å². The monoisotopic (exact) mass is 925 g/mol. The maximum absolute atomic E-state index is 14.9. The first-order chi connectivity index (χ1) is 28.5. The summed E-state index contributed by atoms with van der Waals surface area (Å²) in [5.41, 5.74) is -10.4. The first-order valence-corrected chi connectivity index (χ1v) is 18.5. The molecule has 1 aliphatic heterocycles. The van der Waals surface area contributed by atoms with Crippen LogP contribution in [0.25, 0.3) is 39.4 Å². The predicted octanol–water partition coefficient (Wildman–Crippen LogP) is 6.66. The average Bonchev–Trinajstić information content (AvgIpc) is 3.92. The van der Waals surface area contributed by atoms with E-state index in [0.717, 1.165) is 31.5 Å². The van der Waals surface area contributed by atoms with E-state index in [0.29, 0.717) is 31.6 Å². The van der Waals surface area contributed by atoms with Crippen molar-refractivity contribution < 1.29 is 62.3 Å². The molecule has 0 unspecified atom stereocenters. The second-order valence-corrected chi connectivity index (χ2v) is 14.9. The molecule has 0 saturated heterocycles. The van der Waals surface area contributed by atoms with Gasteiger partial charge in [-0.25, -0.2) is 48.5 Å². The minimum Gasteiger partial charge on any atom is -0.277 e. The van der Waals surface area contributed by atoms with Crippen molar-refractivity contribution in [1.82, 2.24) is 24.2 Å². The Morgan fingerprint density at radius 1 is 0.525 bits per heavy atom. The molecule has 0 radical (unpaired) electrons. The zero-order valence-corrected chi connectivity index (χ0v) is 32.5. The van der Waals surface area contributed by atoms with Gasteiger partial charge < -0.3 is 0 Å². The van der Waals surface area contributed by atoms with Crippen molar-refractivity contribution in [3.8, 4) is 5.69 Å².